The number of nitrogens with one attached hydrogen (secondary N) is 1. The maximum absolute atomic E-state index is 11.5. The molecule has 104 valence electrons. The van der Waals surface area contributed by atoms with Gasteiger partial charge in [-0.25, -0.2) is 4.90 Å². The third-order valence-electron chi connectivity index (χ3n) is 2.65. The topological polar surface area (TPSA) is 92.6 Å². The molecule has 1 aliphatic heterocycles. The van der Waals surface area contributed by atoms with Gasteiger partial charge in [0.05, 0.1) is 4.92 Å². The van der Waals surface area contributed by atoms with Crippen LogP contribution in [0, 0.1) is 10.1 Å². The van der Waals surface area contributed by atoms with Gasteiger partial charge in [0.1, 0.15) is 5.69 Å². The summed E-state index contributed by atoms with van der Waals surface area (Å²) >= 11 is 10.6. The minimum atomic E-state index is -0.634. The fraction of sp³-hybridized carbons (Fsp3) is 0.182. The smallest absolute Gasteiger partial charge is 0.294 e. The highest BCUT2D eigenvalue weighted by Crippen LogP contribution is 2.28. The molecule has 0 unspecified atom stereocenters. The number of thiocarbonyl (C=S) groups is 1. The Labute approximate surface area is 123 Å². The number of carbonyl (C=O) groups is 2. The summed E-state index contributed by atoms with van der Waals surface area (Å²) in [6, 6.07) is 3.95. The minimum Gasteiger partial charge on any atom is -0.326 e. The first-order valence-corrected chi connectivity index (χ1v) is 6.29. The number of nitro groups is 1. The number of nitro benzene ring substituents is 1. The van der Waals surface area contributed by atoms with Crippen LogP contribution in [0.2, 0.25) is 5.02 Å². The van der Waals surface area contributed by atoms with Crippen LogP contribution in [0.3, 0.4) is 0 Å². The maximum atomic E-state index is 11.5. The second-order valence-corrected chi connectivity index (χ2v) is 4.79. The molecule has 0 radical (unpaired) electrons. The molecule has 0 aromatic heterocycles. The summed E-state index contributed by atoms with van der Waals surface area (Å²) in [7, 11) is 0. The lowest BCUT2D eigenvalue weighted by Gasteiger charge is -2.16. The molecule has 1 aromatic carbocycles. The molecule has 1 fully saturated rings. The highest BCUT2D eigenvalue weighted by atomic mass is 35.5. The molecule has 2 rings (SSSR count). The average Bonchev–Trinajstić information content (AvgIpc) is 2.71. The summed E-state index contributed by atoms with van der Waals surface area (Å²) < 4.78 is 0. The number of benzene rings is 1. The molecule has 1 heterocycles. The molecule has 0 spiro atoms. The number of hydrogen-bond acceptors (Lipinski definition) is 5. The molecule has 1 saturated heterocycles. The Balaban J connectivity index is 2.26. The Morgan fingerprint density at radius 3 is 2.50 bits per heavy atom. The highest BCUT2D eigenvalue weighted by molar-refractivity contribution is 7.80. The Bertz CT molecular complexity index is 618. The molecule has 0 atom stereocenters. The number of rotatable bonds is 2. The zero-order chi connectivity index (χ0) is 14.9. The van der Waals surface area contributed by atoms with Crippen LogP contribution in [0.5, 0.6) is 0 Å². The fourth-order valence-corrected chi connectivity index (χ4v) is 2.22. The van der Waals surface area contributed by atoms with E-state index in [0.717, 1.165) is 11.0 Å². The van der Waals surface area contributed by atoms with Crippen molar-refractivity contribution in [2.45, 2.75) is 12.8 Å². The van der Waals surface area contributed by atoms with E-state index >= 15 is 0 Å². The summed E-state index contributed by atoms with van der Waals surface area (Å²) in [6.45, 7) is 0. The average molecular weight is 314 g/mol. The SMILES string of the molecule is O=C1CCC(=O)N1C(=S)Nc1ccc(Cl)cc1[N+](=O)[O-]. The molecule has 20 heavy (non-hydrogen) atoms. The van der Waals surface area contributed by atoms with Gasteiger partial charge in [-0.1, -0.05) is 11.6 Å². The van der Waals surface area contributed by atoms with Crippen molar-refractivity contribution in [3.63, 3.8) is 0 Å². The summed E-state index contributed by atoms with van der Waals surface area (Å²) in [6.07, 6.45) is 0.173. The van der Waals surface area contributed by atoms with E-state index in [2.05, 4.69) is 5.32 Å². The maximum Gasteiger partial charge on any atom is 0.294 e. The van der Waals surface area contributed by atoms with Gasteiger partial charge in [-0.05, 0) is 24.4 Å². The van der Waals surface area contributed by atoms with Crippen molar-refractivity contribution in [3.8, 4) is 0 Å². The normalized spacial score (nSPS) is 14.6. The van der Waals surface area contributed by atoms with Gasteiger partial charge in [0, 0.05) is 23.9 Å². The van der Waals surface area contributed by atoms with Gasteiger partial charge < -0.3 is 5.32 Å². The van der Waals surface area contributed by atoms with E-state index in [-0.39, 0.29) is 34.4 Å². The molecule has 1 aliphatic rings. The second kappa shape index (κ2) is 5.51. The van der Waals surface area contributed by atoms with E-state index in [0.29, 0.717) is 0 Å². The van der Waals surface area contributed by atoms with Gasteiger partial charge in [0.15, 0.2) is 5.11 Å². The number of halogens is 1. The van der Waals surface area contributed by atoms with Gasteiger partial charge in [0.2, 0.25) is 11.8 Å². The molecule has 0 bridgehead atoms. The first kappa shape index (κ1) is 14.4. The molecule has 2 amide bonds. The molecule has 1 aromatic rings. The Kier molecular flexibility index (Phi) is 3.96. The largest absolute Gasteiger partial charge is 0.326 e. The lowest BCUT2D eigenvalue weighted by atomic mass is 10.2. The molecular formula is C11H8ClN3O4S. The van der Waals surface area contributed by atoms with Gasteiger partial charge in [-0.15, -0.1) is 0 Å². The van der Waals surface area contributed by atoms with Crippen LogP contribution < -0.4 is 5.32 Å². The zero-order valence-electron chi connectivity index (χ0n) is 9.96. The van der Waals surface area contributed by atoms with E-state index < -0.39 is 16.7 Å². The lowest BCUT2D eigenvalue weighted by Crippen LogP contribution is -2.38. The molecule has 9 heteroatoms. The quantitative estimate of drug-likeness (QED) is 0.389. The third-order valence-corrected chi connectivity index (χ3v) is 3.17. The van der Waals surface area contributed by atoms with Crippen molar-refractivity contribution in [2.24, 2.45) is 0 Å². The van der Waals surface area contributed by atoms with Crippen molar-refractivity contribution in [3.05, 3.63) is 33.3 Å². The number of amides is 2. The highest BCUT2D eigenvalue weighted by Gasteiger charge is 2.32. The molecule has 7 nitrogen and oxygen atoms in total. The van der Waals surface area contributed by atoms with Crippen molar-refractivity contribution < 1.29 is 14.5 Å². The number of nitrogens with zero attached hydrogens (tertiary/aromatic N) is 2. The number of anilines is 1. The van der Waals surface area contributed by atoms with E-state index in [4.69, 9.17) is 23.8 Å². The number of carbonyl (C=O) groups excluding carboxylic acids is 2. The van der Waals surface area contributed by atoms with Gasteiger partial charge in [-0.3, -0.25) is 19.7 Å². The minimum absolute atomic E-state index is 0.0666. The predicted molar refractivity (Wildman–Crippen MR) is 75.4 cm³/mol. The summed E-state index contributed by atoms with van der Waals surface area (Å²) in [5, 5.41) is 13.5. The van der Waals surface area contributed by atoms with Crippen LogP contribution in [0.25, 0.3) is 0 Å². The standard InChI is InChI=1S/C11H8ClN3O4S/c12-6-1-2-7(8(5-6)15(18)19)13-11(20)14-9(16)3-4-10(14)17/h1-2,5H,3-4H2,(H,13,20). The molecular weight excluding hydrogens is 306 g/mol. The zero-order valence-corrected chi connectivity index (χ0v) is 11.5. The van der Waals surface area contributed by atoms with Gasteiger partial charge in [0.25, 0.3) is 5.69 Å². The van der Waals surface area contributed by atoms with Crippen LogP contribution in [0.15, 0.2) is 18.2 Å². The first-order chi connectivity index (χ1) is 9.40. The van der Waals surface area contributed by atoms with Crippen molar-refractivity contribution in [2.75, 3.05) is 5.32 Å². The van der Waals surface area contributed by atoms with Gasteiger partial charge in [-0.2, -0.15) is 0 Å². The van der Waals surface area contributed by atoms with Crippen LogP contribution in [-0.4, -0.2) is 26.8 Å². The van der Waals surface area contributed by atoms with Gasteiger partial charge >= 0.3 is 0 Å². The third kappa shape index (κ3) is 2.75. The lowest BCUT2D eigenvalue weighted by molar-refractivity contribution is -0.383. The van der Waals surface area contributed by atoms with E-state index in [9.17, 15) is 19.7 Å². The van der Waals surface area contributed by atoms with Crippen LogP contribution in [-0.2, 0) is 9.59 Å². The van der Waals surface area contributed by atoms with E-state index in [1.54, 1.807) is 0 Å². The van der Waals surface area contributed by atoms with Crippen molar-refractivity contribution in [1.29, 1.82) is 0 Å². The summed E-state index contributed by atoms with van der Waals surface area (Å²) in [5.74, 6) is -0.853. The Morgan fingerprint density at radius 2 is 1.95 bits per heavy atom. The van der Waals surface area contributed by atoms with Crippen LogP contribution >= 0.6 is 23.8 Å². The number of imide groups is 1. The second-order valence-electron chi connectivity index (χ2n) is 3.97. The molecule has 1 N–H and O–H groups in total. The van der Waals surface area contributed by atoms with Crippen molar-refractivity contribution in [1.82, 2.24) is 4.90 Å². The predicted octanol–water partition coefficient (Wildman–Crippen LogP) is 2.09. The number of hydrogen-bond donors (Lipinski definition) is 1. The Hall–Kier alpha value is -2.06. The van der Waals surface area contributed by atoms with Crippen molar-refractivity contribution >= 4 is 52.1 Å². The first-order valence-electron chi connectivity index (χ1n) is 5.51. The fourth-order valence-electron chi connectivity index (χ4n) is 1.74. The van der Waals surface area contributed by atoms with Crippen LogP contribution in [0.4, 0.5) is 11.4 Å². The molecule has 0 saturated carbocycles. The number of likely N-dealkylation sites (tertiary alicyclic amines) is 1. The molecule has 0 aliphatic carbocycles. The van der Waals surface area contributed by atoms with E-state index in [1.807, 2.05) is 0 Å². The van der Waals surface area contributed by atoms with Crippen LogP contribution in [0.1, 0.15) is 12.8 Å². The van der Waals surface area contributed by atoms with E-state index in [1.165, 1.54) is 12.1 Å². The summed E-state index contributed by atoms with van der Waals surface area (Å²) in [4.78, 5) is 34.1. The summed E-state index contributed by atoms with van der Waals surface area (Å²) in [5.41, 5.74) is -0.226. The Morgan fingerprint density at radius 1 is 1.35 bits per heavy atom. The monoisotopic (exact) mass is 313 g/mol.